The predicted molar refractivity (Wildman–Crippen MR) is 51.3 cm³/mol. The Bertz CT molecular complexity index is 415. The molecule has 0 aromatic heterocycles. The number of benzene rings is 1. The van der Waals surface area contributed by atoms with Crippen LogP contribution in [0, 0.1) is 0 Å². The van der Waals surface area contributed by atoms with Crippen molar-refractivity contribution in [2.75, 3.05) is 6.54 Å². The highest BCUT2D eigenvalue weighted by Gasteiger charge is 1.96. The average Bonchev–Trinajstić information content (AvgIpc) is 2.17. The predicted octanol–water partition coefficient (Wildman–Crippen LogP) is 1.13. The Labute approximate surface area is 71.8 Å². The largest absolute Gasteiger partial charge is 0.284 e. The molecule has 0 bridgehead atoms. The zero-order chi connectivity index (χ0) is 8.39. The summed E-state index contributed by atoms with van der Waals surface area (Å²) in [6.45, 7) is 4.70. The third-order valence-electron chi connectivity index (χ3n) is 2.10. The molecule has 0 atom stereocenters. The summed E-state index contributed by atoms with van der Waals surface area (Å²) >= 11 is 0. The Hall–Kier alpha value is -1.37. The van der Waals surface area contributed by atoms with Gasteiger partial charge in [-0.1, -0.05) is 30.9 Å². The fraction of sp³-hybridized carbons (Fsp3) is 0.182. The summed E-state index contributed by atoms with van der Waals surface area (Å²) < 4.78 is 0. The van der Waals surface area contributed by atoms with Gasteiger partial charge in [-0.3, -0.25) is 4.99 Å². The van der Waals surface area contributed by atoms with E-state index in [4.69, 9.17) is 0 Å². The fourth-order valence-electron chi connectivity index (χ4n) is 1.50. The molecule has 0 amide bonds. The molecule has 1 aromatic carbocycles. The minimum Gasteiger partial charge on any atom is -0.284 e. The SMILES string of the molecule is C=Cc1cccc2c1=CCCN=2. The van der Waals surface area contributed by atoms with E-state index in [2.05, 4.69) is 29.8 Å². The fourth-order valence-corrected chi connectivity index (χ4v) is 1.50. The highest BCUT2D eigenvalue weighted by molar-refractivity contribution is 5.50. The molecule has 1 heteroatoms. The smallest absolute Gasteiger partial charge is 0.0649 e. The van der Waals surface area contributed by atoms with E-state index in [1.54, 1.807) is 0 Å². The van der Waals surface area contributed by atoms with Crippen molar-refractivity contribution in [3.8, 4) is 0 Å². The van der Waals surface area contributed by atoms with Gasteiger partial charge >= 0.3 is 0 Å². The standard InChI is InChI=1S/C11H11N/c1-2-9-5-3-7-11-10(9)6-4-8-12-11/h2-3,5-7H,1,4,8H2. The summed E-state index contributed by atoms with van der Waals surface area (Å²) in [5.74, 6) is 0. The summed E-state index contributed by atoms with van der Waals surface area (Å²) in [5.41, 5.74) is 1.19. The molecule has 0 spiro atoms. The van der Waals surface area contributed by atoms with E-state index in [-0.39, 0.29) is 0 Å². The van der Waals surface area contributed by atoms with Crippen LogP contribution in [0.2, 0.25) is 0 Å². The molecule has 0 aliphatic carbocycles. The second-order valence-corrected chi connectivity index (χ2v) is 2.86. The molecular weight excluding hydrogens is 146 g/mol. The van der Waals surface area contributed by atoms with Crippen LogP contribution in [-0.4, -0.2) is 6.54 Å². The van der Waals surface area contributed by atoms with Gasteiger partial charge in [0.15, 0.2) is 0 Å². The van der Waals surface area contributed by atoms with Crippen molar-refractivity contribution in [2.45, 2.75) is 6.42 Å². The Morgan fingerprint density at radius 1 is 1.42 bits per heavy atom. The Morgan fingerprint density at radius 2 is 2.33 bits per heavy atom. The van der Waals surface area contributed by atoms with Gasteiger partial charge in [-0.05, 0) is 18.1 Å². The summed E-state index contributed by atoms with van der Waals surface area (Å²) in [5, 5.41) is 2.36. The van der Waals surface area contributed by atoms with Crippen LogP contribution in [0.1, 0.15) is 12.0 Å². The normalized spacial score (nSPS) is 14.0. The summed E-state index contributed by atoms with van der Waals surface area (Å²) in [4.78, 5) is 4.42. The van der Waals surface area contributed by atoms with E-state index in [0.717, 1.165) is 18.3 Å². The number of hydrogen-bond acceptors (Lipinski definition) is 1. The lowest BCUT2D eigenvalue weighted by atomic mass is 10.1. The van der Waals surface area contributed by atoms with Gasteiger partial charge in [-0.2, -0.15) is 0 Å². The van der Waals surface area contributed by atoms with Gasteiger partial charge in [-0.25, -0.2) is 0 Å². The van der Waals surface area contributed by atoms with Gasteiger partial charge in [-0.15, -0.1) is 0 Å². The average molecular weight is 157 g/mol. The number of hydrogen-bond donors (Lipinski definition) is 0. The van der Waals surface area contributed by atoms with Crippen molar-refractivity contribution >= 4 is 12.2 Å². The summed E-state index contributed by atoms with van der Waals surface area (Å²) in [6.07, 6.45) is 5.17. The van der Waals surface area contributed by atoms with E-state index >= 15 is 0 Å². The number of rotatable bonds is 1. The van der Waals surface area contributed by atoms with E-state index in [1.807, 2.05) is 12.1 Å². The molecule has 0 saturated carbocycles. The van der Waals surface area contributed by atoms with Crippen LogP contribution in [0.15, 0.2) is 29.8 Å². The van der Waals surface area contributed by atoms with Gasteiger partial charge in [0.1, 0.15) is 0 Å². The van der Waals surface area contributed by atoms with E-state index in [0.29, 0.717) is 0 Å². The monoisotopic (exact) mass is 157 g/mol. The van der Waals surface area contributed by atoms with Crippen LogP contribution in [0.3, 0.4) is 0 Å². The number of nitrogens with zero attached hydrogens (tertiary/aromatic N) is 1. The van der Waals surface area contributed by atoms with Crippen LogP contribution in [-0.2, 0) is 0 Å². The molecule has 60 valence electrons. The topological polar surface area (TPSA) is 12.4 Å². The highest BCUT2D eigenvalue weighted by atomic mass is 14.7. The quantitative estimate of drug-likeness (QED) is 0.579. The Balaban J connectivity index is 2.85. The molecular formula is C11H11N. The molecule has 0 unspecified atom stereocenters. The maximum atomic E-state index is 4.42. The molecule has 1 aliphatic rings. The van der Waals surface area contributed by atoms with Crippen LogP contribution in [0.4, 0.5) is 0 Å². The number of fused-ring (bicyclic) bond motifs is 1. The maximum Gasteiger partial charge on any atom is 0.0649 e. The molecule has 1 aliphatic heterocycles. The van der Waals surface area contributed by atoms with Gasteiger partial charge in [0.2, 0.25) is 0 Å². The molecule has 0 N–H and O–H groups in total. The summed E-state index contributed by atoms with van der Waals surface area (Å²) in [6, 6.07) is 6.15. The lowest BCUT2D eigenvalue weighted by Gasteiger charge is -2.01. The third kappa shape index (κ3) is 1.07. The van der Waals surface area contributed by atoms with Gasteiger partial charge < -0.3 is 0 Å². The molecule has 1 aromatic rings. The van der Waals surface area contributed by atoms with E-state index in [9.17, 15) is 0 Å². The van der Waals surface area contributed by atoms with Crippen molar-refractivity contribution in [1.82, 2.24) is 0 Å². The third-order valence-corrected chi connectivity index (χ3v) is 2.10. The lowest BCUT2D eigenvalue weighted by Crippen LogP contribution is -2.30. The minimum absolute atomic E-state index is 0.924. The van der Waals surface area contributed by atoms with Crippen molar-refractivity contribution < 1.29 is 0 Å². The van der Waals surface area contributed by atoms with Crippen molar-refractivity contribution in [3.63, 3.8) is 0 Å². The van der Waals surface area contributed by atoms with Crippen molar-refractivity contribution in [3.05, 3.63) is 40.9 Å². The van der Waals surface area contributed by atoms with Crippen LogP contribution in [0.5, 0.6) is 0 Å². The van der Waals surface area contributed by atoms with E-state index in [1.165, 1.54) is 10.8 Å². The highest BCUT2D eigenvalue weighted by Crippen LogP contribution is 1.94. The Kier molecular flexibility index (Phi) is 1.78. The summed E-state index contributed by atoms with van der Waals surface area (Å²) in [7, 11) is 0. The second-order valence-electron chi connectivity index (χ2n) is 2.86. The lowest BCUT2D eigenvalue weighted by molar-refractivity contribution is 0.959. The van der Waals surface area contributed by atoms with Crippen LogP contribution in [0.25, 0.3) is 12.2 Å². The van der Waals surface area contributed by atoms with E-state index < -0.39 is 0 Å². The van der Waals surface area contributed by atoms with Crippen LogP contribution < -0.4 is 10.6 Å². The van der Waals surface area contributed by atoms with Crippen molar-refractivity contribution in [2.24, 2.45) is 4.99 Å². The molecule has 0 fully saturated rings. The second kappa shape index (κ2) is 2.94. The zero-order valence-electron chi connectivity index (χ0n) is 6.96. The first kappa shape index (κ1) is 7.29. The van der Waals surface area contributed by atoms with Gasteiger partial charge in [0, 0.05) is 11.8 Å². The van der Waals surface area contributed by atoms with Gasteiger partial charge in [0.25, 0.3) is 0 Å². The molecule has 0 saturated heterocycles. The maximum absolute atomic E-state index is 4.42. The molecule has 1 nitrogen and oxygen atoms in total. The zero-order valence-corrected chi connectivity index (χ0v) is 6.96. The molecule has 12 heavy (non-hydrogen) atoms. The first-order chi connectivity index (χ1) is 5.92. The molecule has 1 heterocycles. The first-order valence-corrected chi connectivity index (χ1v) is 4.18. The van der Waals surface area contributed by atoms with Gasteiger partial charge in [0.05, 0.1) is 5.36 Å². The first-order valence-electron chi connectivity index (χ1n) is 4.18. The molecule has 0 radical (unpaired) electrons. The van der Waals surface area contributed by atoms with Crippen LogP contribution >= 0.6 is 0 Å². The minimum atomic E-state index is 0.924. The molecule has 2 rings (SSSR count). The Morgan fingerprint density at radius 3 is 3.17 bits per heavy atom. The van der Waals surface area contributed by atoms with Crippen molar-refractivity contribution in [1.29, 1.82) is 0 Å².